The van der Waals surface area contributed by atoms with Gasteiger partial charge in [-0.2, -0.15) is 0 Å². The molecule has 2 N–H and O–H groups in total. The number of hydrogen-bond donors (Lipinski definition) is 2. The highest BCUT2D eigenvalue weighted by molar-refractivity contribution is 5.88. The smallest absolute Gasteiger partial charge is 0.311 e. The normalized spacial score (nSPS) is 44.7. The summed E-state index contributed by atoms with van der Waals surface area (Å²) < 4.78 is 64.5. The van der Waals surface area contributed by atoms with Gasteiger partial charge < -0.3 is 62.6 Å². The molecule has 4 aliphatic rings. The van der Waals surface area contributed by atoms with Crippen LogP contribution in [0.3, 0.4) is 0 Å². The Hall–Kier alpha value is -2.74. The molecule has 0 spiro atoms. The number of aliphatic hydroxyl groups is 1. The van der Waals surface area contributed by atoms with E-state index in [0.29, 0.717) is 17.7 Å². The number of likely N-dealkylation sites (N-methyl/N-ethyl adjacent to an activating group) is 1. The van der Waals surface area contributed by atoms with Gasteiger partial charge in [0.15, 0.2) is 24.8 Å². The van der Waals surface area contributed by atoms with Crippen molar-refractivity contribution >= 4 is 23.6 Å². The molecule has 4 fully saturated rings. The van der Waals surface area contributed by atoms with E-state index in [1.165, 1.54) is 21.0 Å². The summed E-state index contributed by atoms with van der Waals surface area (Å²) in [7, 11) is 5.32. The highest BCUT2D eigenvalue weighted by Crippen LogP contribution is 2.43. The number of nitrogens with zero attached hydrogens (tertiary/aromatic N) is 2. The van der Waals surface area contributed by atoms with Crippen LogP contribution in [0.4, 0.5) is 0 Å². The van der Waals surface area contributed by atoms with E-state index in [4.69, 9.17) is 47.4 Å². The fourth-order valence-electron chi connectivity index (χ4n) is 10.2. The molecule has 356 valence electrons. The van der Waals surface area contributed by atoms with E-state index >= 15 is 0 Å². The average molecular weight is 885 g/mol. The summed E-state index contributed by atoms with van der Waals surface area (Å²) in [5.74, 6) is -4.69. The van der Waals surface area contributed by atoms with E-state index in [1.807, 2.05) is 53.6 Å². The van der Waals surface area contributed by atoms with Crippen molar-refractivity contribution < 1.29 is 72.1 Å². The standard InChI is InChI=1S/C45H76N2O15/c1-17-33-45(13,51)39-26(5)35(46-52)24(3)19-44(12,55-22-23(2)21-54-39)38(62-42-37(58-30(9)48)32(47(14)15)18-25(4)56-42)27(6)36(28(7)41(50)60-33)61-34-20-43(11,53-16)40(29(8)57-34)59-31(10)49/h24-29,32-34,36-40,42,51-52H,2,17-22H2,1,3-16H3/b46-35-/t24-,25-,26+,27+,28-,29+,32+,33-,34+,36+,37-,38-,39-,40+,42+,43-,44-,45-/m1/s1. The number of oxime groups is 1. The Morgan fingerprint density at radius 2 is 1.56 bits per heavy atom. The average Bonchev–Trinajstić information content (AvgIpc) is 3.19. The molecule has 4 saturated heterocycles. The third-order valence-corrected chi connectivity index (χ3v) is 13.5. The van der Waals surface area contributed by atoms with E-state index in [9.17, 15) is 24.7 Å². The number of ether oxygens (including phenoxy) is 10. The molecule has 0 aromatic heterocycles. The quantitative estimate of drug-likeness (QED) is 0.105. The number of carbonyl (C=O) groups is 3. The third-order valence-electron chi connectivity index (χ3n) is 13.5. The van der Waals surface area contributed by atoms with Crippen LogP contribution in [0.2, 0.25) is 0 Å². The van der Waals surface area contributed by atoms with Crippen LogP contribution < -0.4 is 0 Å². The number of fused-ring (bicyclic) bond motifs is 5. The lowest BCUT2D eigenvalue weighted by Gasteiger charge is -2.50. The number of hydrogen-bond acceptors (Lipinski definition) is 17. The Labute approximate surface area is 368 Å². The third kappa shape index (κ3) is 11.6. The van der Waals surface area contributed by atoms with E-state index in [-0.39, 0.29) is 44.6 Å². The second kappa shape index (κ2) is 21.0. The van der Waals surface area contributed by atoms with Gasteiger partial charge in [0.05, 0.1) is 67.0 Å². The predicted octanol–water partition coefficient (Wildman–Crippen LogP) is 4.81. The first-order chi connectivity index (χ1) is 28.8. The summed E-state index contributed by atoms with van der Waals surface area (Å²) in [6, 6.07) is -0.293. The molecule has 4 heterocycles. The molecule has 0 aromatic carbocycles. The molecule has 0 amide bonds. The molecule has 4 rings (SSSR count). The van der Waals surface area contributed by atoms with Crippen molar-refractivity contribution in [2.75, 3.05) is 34.4 Å². The first kappa shape index (κ1) is 51.9. The van der Waals surface area contributed by atoms with E-state index < -0.39 is 114 Å². The molecule has 2 bridgehead atoms. The number of esters is 3. The highest BCUT2D eigenvalue weighted by atomic mass is 16.7. The molecule has 0 aliphatic carbocycles. The van der Waals surface area contributed by atoms with Crippen LogP contribution in [0.5, 0.6) is 0 Å². The van der Waals surface area contributed by atoms with Gasteiger partial charge in [0, 0.05) is 45.1 Å². The van der Waals surface area contributed by atoms with Gasteiger partial charge in [0.25, 0.3) is 0 Å². The van der Waals surface area contributed by atoms with Crippen molar-refractivity contribution in [1.82, 2.24) is 4.90 Å². The summed E-state index contributed by atoms with van der Waals surface area (Å²) >= 11 is 0. The molecule has 62 heavy (non-hydrogen) atoms. The summed E-state index contributed by atoms with van der Waals surface area (Å²) in [5, 5.41) is 27.0. The molecule has 0 saturated carbocycles. The minimum Gasteiger partial charge on any atom is -0.459 e. The van der Waals surface area contributed by atoms with Gasteiger partial charge in [-0.3, -0.25) is 14.4 Å². The maximum absolute atomic E-state index is 14.7. The minimum absolute atomic E-state index is 0.000957. The summed E-state index contributed by atoms with van der Waals surface area (Å²) in [6.07, 6.45) is -7.88. The molecule has 4 aliphatic heterocycles. The molecular formula is C45H76N2O15. The zero-order valence-corrected chi connectivity index (χ0v) is 39.7. The SMILES string of the molecule is C=C1CO[C@@H]2[C@@H](C)/C(=N\O)[C@H](C)C[C@@](C)(OC1)[C@H](O[C@@H]1O[C@H](C)C[C@H](N(C)C)[C@H]1OC(C)=O)[C@@H](C)[C@H](O[C@H]1C[C@@](C)(OC)[C@@H](OC(C)=O)[C@H](C)O1)[C@@H](C)C(=O)O[C@H](CC)[C@@]2(C)O. The molecular weight excluding hydrogens is 808 g/mol. The summed E-state index contributed by atoms with van der Waals surface area (Å²) in [6.45, 7) is 24.9. The molecule has 17 nitrogen and oxygen atoms in total. The van der Waals surface area contributed by atoms with E-state index in [1.54, 1.807) is 34.6 Å². The van der Waals surface area contributed by atoms with Crippen molar-refractivity contribution in [3.8, 4) is 0 Å². The van der Waals surface area contributed by atoms with E-state index in [0.717, 1.165) is 0 Å². The Morgan fingerprint density at radius 3 is 2.13 bits per heavy atom. The van der Waals surface area contributed by atoms with E-state index in [2.05, 4.69) is 11.7 Å². The van der Waals surface area contributed by atoms with Crippen LogP contribution in [0.1, 0.15) is 109 Å². The second-order valence-electron chi connectivity index (χ2n) is 19.0. The zero-order valence-electron chi connectivity index (χ0n) is 39.7. The van der Waals surface area contributed by atoms with Gasteiger partial charge >= 0.3 is 17.9 Å². The lowest BCUT2D eigenvalue weighted by molar-refractivity contribution is -0.321. The Balaban J connectivity index is 1.99. The largest absolute Gasteiger partial charge is 0.459 e. The van der Waals surface area contributed by atoms with Gasteiger partial charge in [0.2, 0.25) is 0 Å². The first-order valence-corrected chi connectivity index (χ1v) is 22.1. The molecule has 18 atom stereocenters. The van der Waals surface area contributed by atoms with Gasteiger partial charge in [-0.25, -0.2) is 0 Å². The van der Waals surface area contributed by atoms with Crippen molar-refractivity contribution in [1.29, 1.82) is 0 Å². The van der Waals surface area contributed by atoms with Crippen LogP contribution >= 0.6 is 0 Å². The van der Waals surface area contributed by atoms with Crippen molar-refractivity contribution in [2.45, 2.75) is 193 Å². The van der Waals surface area contributed by atoms with Crippen LogP contribution in [-0.2, 0) is 61.8 Å². The van der Waals surface area contributed by atoms with Crippen LogP contribution in [0.25, 0.3) is 0 Å². The Kier molecular flexibility index (Phi) is 17.6. The van der Waals surface area contributed by atoms with Crippen LogP contribution in [-0.4, -0.2) is 158 Å². The minimum atomic E-state index is -1.78. The lowest BCUT2D eigenvalue weighted by atomic mass is 9.73. The molecule has 0 unspecified atom stereocenters. The fourth-order valence-corrected chi connectivity index (χ4v) is 10.2. The predicted molar refractivity (Wildman–Crippen MR) is 226 cm³/mol. The maximum atomic E-state index is 14.7. The Morgan fingerprint density at radius 1 is 0.919 bits per heavy atom. The van der Waals surface area contributed by atoms with Gasteiger partial charge in [-0.1, -0.05) is 39.4 Å². The molecule has 0 radical (unpaired) electrons. The maximum Gasteiger partial charge on any atom is 0.311 e. The van der Waals surface area contributed by atoms with Crippen molar-refractivity contribution in [3.63, 3.8) is 0 Å². The van der Waals surface area contributed by atoms with Gasteiger partial charge in [-0.05, 0) is 80.5 Å². The van der Waals surface area contributed by atoms with Crippen LogP contribution in [0.15, 0.2) is 17.3 Å². The van der Waals surface area contributed by atoms with Gasteiger partial charge in [-0.15, -0.1) is 0 Å². The summed E-state index contributed by atoms with van der Waals surface area (Å²) in [4.78, 5) is 41.6. The Bertz CT molecular complexity index is 1590. The highest BCUT2D eigenvalue weighted by Gasteiger charge is 2.56. The topological polar surface area (TPSA) is 200 Å². The second-order valence-corrected chi connectivity index (χ2v) is 19.0. The molecule has 17 heteroatoms. The zero-order chi connectivity index (χ0) is 46.6. The van der Waals surface area contributed by atoms with Crippen molar-refractivity contribution in [2.24, 2.45) is 28.8 Å². The molecule has 0 aromatic rings. The fraction of sp³-hybridized carbons (Fsp3) is 0.867. The number of carbonyl (C=O) groups excluding carboxylic acids is 3. The number of methoxy groups -OCH3 is 1. The number of cyclic esters (lactones) is 1. The van der Waals surface area contributed by atoms with Gasteiger partial charge in [0.1, 0.15) is 17.3 Å². The number of rotatable bonds is 9. The monoisotopic (exact) mass is 885 g/mol. The van der Waals surface area contributed by atoms with Crippen LogP contribution in [0, 0.1) is 23.7 Å². The van der Waals surface area contributed by atoms with Crippen molar-refractivity contribution in [3.05, 3.63) is 12.2 Å². The first-order valence-electron chi connectivity index (χ1n) is 22.1. The lowest BCUT2D eigenvalue weighted by Crippen LogP contribution is -2.62. The summed E-state index contributed by atoms with van der Waals surface area (Å²) in [5.41, 5.74) is -3.27.